The van der Waals surface area contributed by atoms with Crippen molar-refractivity contribution in [2.45, 2.75) is 33.2 Å². The van der Waals surface area contributed by atoms with E-state index in [0.717, 1.165) is 27.8 Å². The number of amides is 1. The summed E-state index contributed by atoms with van der Waals surface area (Å²) in [5.74, 6) is -0.508. The van der Waals surface area contributed by atoms with Crippen LogP contribution in [0.1, 0.15) is 24.5 Å². The Morgan fingerprint density at radius 2 is 1.89 bits per heavy atom. The molecule has 28 heavy (non-hydrogen) atoms. The first-order valence-electron chi connectivity index (χ1n) is 8.66. The van der Waals surface area contributed by atoms with Crippen LogP contribution in [0.4, 0.5) is 17.1 Å². The topological polar surface area (TPSA) is 110 Å². The number of hydrogen-bond acceptors (Lipinski definition) is 5. The van der Waals surface area contributed by atoms with Gasteiger partial charge in [0.2, 0.25) is 15.9 Å². The smallest absolute Gasteiger partial charge is 0.271 e. The van der Waals surface area contributed by atoms with Crippen LogP contribution in [0, 0.1) is 24.0 Å². The SMILES string of the molecule is CCC(C(=O)Nc1ccc(C)cc1C)N(c1cccc([N+](=O)[O-])c1)S(C)(=O)=O. The van der Waals surface area contributed by atoms with Crippen LogP contribution in [0.15, 0.2) is 42.5 Å². The summed E-state index contributed by atoms with van der Waals surface area (Å²) in [5, 5.41) is 13.8. The number of anilines is 2. The molecular formula is C19H23N3O5S. The molecule has 0 bridgehead atoms. The molecule has 2 aromatic carbocycles. The molecule has 150 valence electrons. The lowest BCUT2D eigenvalue weighted by molar-refractivity contribution is -0.384. The Bertz CT molecular complexity index is 1000. The highest BCUT2D eigenvalue weighted by Crippen LogP contribution is 2.27. The molecule has 0 heterocycles. The van der Waals surface area contributed by atoms with Gasteiger partial charge in [0, 0.05) is 17.8 Å². The molecule has 9 heteroatoms. The summed E-state index contributed by atoms with van der Waals surface area (Å²) in [7, 11) is -3.88. The molecule has 0 aromatic heterocycles. The van der Waals surface area contributed by atoms with Crippen LogP contribution >= 0.6 is 0 Å². The van der Waals surface area contributed by atoms with E-state index in [1.54, 1.807) is 13.0 Å². The molecule has 0 saturated carbocycles. The van der Waals surface area contributed by atoms with Crippen LogP contribution < -0.4 is 9.62 Å². The van der Waals surface area contributed by atoms with Gasteiger partial charge in [-0.25, -0.2) is 8.42 Å². The summed E-state index contributed by atoms with van der Waals surface area (Å²) >= 11 is 0. The van der Waals surface area contributed by atoms with Gasteiger partial charge in [0.25, 0.3) is 5.69 Å². The summed E-state index contributed by atoms with van der Waals surface area (Å²) < 4.78 is 25.8. The summed E-state index contributed by atoms with van der Waals surface area (Å²) in [4.78, 5) is 23.4. The van der Waals surface area contributed by atoms with Gasteiger partial charge in [-0.3, -0.25) is 19.2 Å². The first-order valence-corrected chi connectivity index (χ1v) is 10.5. The number of rotatable bonds is 7. The van der Waals surface area contributed by atoms with E-state index in [1.807, 2.05) is 26.0 Å². The highest BCUT2D eigenvalue weighted by molar-refractivity contribution is 7.92. The van der Waals surface area contributed by atoms with Crippen molar-refractivity contribution in [2.75, 3.05) is 15.9 Å². The van der Waals surface area contributed by atoms with Gasteiger partial charge in [0.05, 0.1) is 16.9 Å². The number of hydrogen-bond donors (Lipinski definition) is 1. The Hall–Kier alpha value is -2.94. The van der Waals surface area contributed by atoms with Crippen LogP contribution in [-0.4, -0.2) is 31.5 Å². The van der Waals surface area contributed by atoms with E-state index in [9.17, 15) is 23.3 Å². The molecule has 0 aliphatic heterocycles. The minimum atomic E-state index is -3.88. The lowest BCUT2D eigenvalue weighted by Gasteiger charge is -2.30. The Morgan fingerprint density at radius 3 is 2.43 bits per heavy atom. The number of benzene rings is 2. The molecule has 0 fully saturated rings. The van der Waals surface area contributed by atoms with Crippen molar-refractivity contribution < 1.29 is 18.1 Å². The maximum absolute atomic E-state index is 12.9. The third-order valence-electron chi connectivity index (χ3n) is 4.26. The molecule has 1 N–H and O–H groups in total. The fourth-order valence-electron chi connectivity index (χ4n) is 2.97. The lowest BCUT2D eigenvalue weighted by Crippen LogP contribution is -2.47. The largest absolute Gasteiger partial charge is 0.324 e. The Kier molecular flexibility index (Phi) is 6.40. The first kappa shape index (κ1) is 21.4. The molecule has 0 aliphatic rings. The number of carbonyl (C=O) groups is 1. The lowest BCUT2D eigenvalue weighted by atomic mass is 10.1. The number of nitro groups is 1. The second-order valence-electron chi connectivity index (χ2n) is 6.57. The molecule has 2 aromatic rings. The van der Waals surface area contributed by atoms with E-state index in [4.69, 9.17) is 0 Å². The van der Waals surface area contributed by atoms with E-state index in [-0.39, 0.29) is 17.8 Å². The number of nitro benzene ring substituents is 1. The van der Waals surface area contributed by atoms with E-state index >= 15 is 0 Å². The molecule has 2 rings (SSSR count). The van der Waals surface area contributed by atoms with Crippen LogP contribution in [0.3, 0.4) is 0 Å². The van der Waals surface area contributed by atoms with Gasteiger partial charge in [0.15, 0.2) is 0 Å². The van der Waals surface area contributed by atoms with Gasteiger partial charge < -0.3 is 5.32 Å². The average molecular weight is 405 g/mol. The third kappa shape index (κ3) is 4.86. The number of non-ortho nitro benzene ring substituents is 1. The molecule has 1 unspecified atom stereocenters. The third-order valence-corrected chi connectivity index (χ3v) is 5.44. The molecule has 0 saturated heterocycles. The van der Waals surface area contributed by atoms with Crippen molar-refractivity contribution in [1.82, 2.24) is 0 Å². The summed E-state index contributed by atoms with van der Waals surface area (Å²) in [6, 6.07) is 9.69. The van der Waals surface area contributed by atoms with Crippen molar-refractivity contribution >= 4 is 33.0 Å². The van der Waals surface area contributed by atoms with Gasteiger partial charge >= 0.3 is 0 Å². The zero-order valence-electron chi connectivity index (χ0n) is 16.2. The highest BCUT2D eigenvalue weighted by Gasteiger charge is 2.32. The predicted molar refractivity (Wildman–Crippen MR) is 109 cm³/mol. The average Bonchev–Trinajstić information content (AvgIpc) is 2.60. The Labute approximate surface area is 164 Å². The highest BCUT2D eigenvalue weighted by atomic mass is 32.2. The number of carbonyl (C=O) groups excluding carboxylic acids is 1. The van der Waals surface area contributed by atoms with Crippen molar-refractivity contribution in [3.05, 3.63) is 63.7 Å². The molecule has 1 atom stereocenters. The zero-order valence-corrected chi connectivity index (χ0v) is 17.0. The molecule has 0 aliphatic carbocycles. The summed E-state index contributed by atoms with van der Waals surface area (Å²) in [6.07, 6.45) is 1.16. The number of nitrogens with zero attached hydrogens (tertiary/aromatic N) is 2. The summed E-state index contributed by atoms with van der Waals surface area (Å²) in [6.45, 7) is 5.46. The van der Waals surface area contributed by atoms with Crippen molar-refractivity contribution in [2.24, 2.45) is 0 Å². The molecule has 1 amide bonds. The fraction of sp³-hybridized carbons (Fsp3) is 0.316. The number of sulfonamides is 1. The minimum absolute atomic E-state index is 0.0688. The van der Waals surface area contributed by atoms with Crippen molar-refractivity contribution in [3.63, 3.8) is 0 Å². The Morgan fingerprint density at radius 1 is 1.21 bits per heavy atom. The fourth-order valence-corrected chi connectivity index (χ4v) is 4.18. The normalized spacial score (nSPS) is 12.3. The summed E-state index contributed by atoms with van der Waals surface area (Å²) in [5.41, 5.74) is 2.29. The standard InChI is InChI=1S/C19H23N3O5S/c1-5-18(19(23)20-17-10-9-13(2)11-14(17)3)21(28(4,26)27)15-7-6-8-16(12-15)22(24)25/h6-12,18H,5H2,1-4H3,(H,20,23). The van der Waals surface area contributed by atoms with Crippen molar-refractivity contribution in [1.29, 1.82) is 0 Å². The first-order chi connectivity index (χ1) is 13.0. The number of nitrogens with one attached hydrogen (secondary N) is 1. The van der Waals surface area contributed by atoms with Gasteiger partial charge in [-0.2, -0.15) is 0 Å². The maximum Gasteiger partial charge on any atom is 0.271 e. The quantitative estimate of drug-likeness (QED) is 0.561. The second-order valence-corrected chi connectivity index (χ2v) is 8.43. The van der Waals surface area contributed by atoms with Gasteiger partial charge in [-0.05, 0) is 38.0 Å². The molecular weight excluding hydrogens is 382 g/mol. The van der Waals surface area contributed by atoms with Crippen LogP contribution in [0.2, 0.25) is 0 Å². The predicted octanol–water partition coefficient (Wildman–Crippen LogP) is 3.39. The van der Waals surface area contributed by atoms with Gasteiger partial charge in [-0.1, -0.05) is 30.7 Å². The Balaban J connectivity index is 2.44. The van der Waals surface area contributed by atoms with Crippen LogP contribution in [-0.2, 0) is 14.8 Å². The monoisotopic (exact) mass is 405 g/mol. The maximum atomic E-state index is 12.9. The minimum Gasteiger partial charge on any atom is -0.324 e. The molecule has 0 spiro atoms. The second kappa shape index (κ2) is 8.39. The van der Waals surface area contributed by atoms with Crippen molar-refractivity contribution in [3.8, 4) is 0 Å². The van der Waals surface area contributed by atoms with E-state index in [1.165, 1.54) is 18.2 Å². The zero-order chi connectivity index (χ0) is 21.1. The van der Waals surface area contributed by atoms with E-state index in [0.29, 0.717) is 5.69 Å². The number of aryl methyl sites for hydroxylation is 2. The van der Waals surface area contributed by atoms with Crippen LogP contribution in [0.25, 0.3) is 0 Å². The van der Waals surface area contributed by atoms with Gasteiger partial charge in [0.1, 0.15) is 6.04 Å². The molecule has 0 radical (unpaired) electrons. The van der Waals surface area contributed by atoms with Gasteiger partial charge in [-0.15, -0.1) is 0 Å². The van der Waals surface area contributed by atoms with E-state index < -0.39 is 26.9 Å². The van der Waals surface area contributed by atoms with E-state index in [2.05, 4.69) is 5.32 Å². The van der Waals surface area contributed by atoms with Crippen LogP contribution in [0.5, 0.6) is 0 Å². The molecule has 8 nitrogen and oxygen atoms in total.